The number of nitrogens with two attached hydrogens (primary N) is 1. The highest BCUT2D eigenvalue weighted by Gasteiger charge is 2.22. The number of nitrogen functional groups attached to an aromatic ring is 1. The van der Waals surface area contributed by atoms with Crippen LogP contribution in [0.4, 0.5) is 5.69 Å². The van der Waals surface area contributed by atoms with E-state index in [-0.39, 0.29) is 27.2 Å². The predicted molar refractivity (Wildman–Crippen MR) is 72.7 cm³/mol. The molecule has 106 valence electrons. The molecule has 0 saturated carbocycles. The van der Waals surface area contributed by atoms with Crippen LogP contribution in [0.5, 0.6) is 0 Å². The molecule has 3 N–H and O–H groups in total. The largest absolute Gasteiger partial charge is 0.465 e. The van der Waals surface area contributed by atoms with E-state index in [4.69, 9.17) is 28.9 Å². The number of anilines is 1. The molecule has 19 heavy (non-hydrogen) atoms. The zero-order chi connectivity index (χ0) is 14.6. The number of benzene rings is 1. The number of hydrogen-bond donors (Lipinski definition) is 2. The molecule has 0 saturated heterocycles. The number of esters is 1. The Bertz CT molecular complexity index is 566. The molecule has 6 nitrogen and oxygen atoms in total. The molecular weight excluding hydrogens is 315 g/mol. The van der Waals surface area contributed by atoms with Crippen LogP contribution in [0.25, 0.3) is 0 Å². The monoisotopic (exact) mass is 326 g/mol. The van der Waals surface area contributed by atoms with Crippen LogP contribution in [0.2, 0.25) is 10.0 Å². The van der Waals surface area contributed by atoms with Crippen molar-refractivity contribution in [1.29, 1.82) is 0 Å². The summed E-state index contributed by atoms with van der Waals surface area (Å²) in [6, 6.07) is 2.50. The number of halogens is 2. The highest BCUT2D eigenvalue weighted by molar-refractivity contribution is 7.89. The molecule has 0 aliphatic carbocycles. The molecule has 0 aliphatic heterocycles. The molecule has 0 amide bonds. The predicted octanol–water partition coefficient (Wildman–Crippen LogP) is 1.42. The molecule has 0 heterocycles. The van der Waals surface area contributed by atoms with Crippen molar-refractivity contribution < 1.29 is 17.9 Å². The maximum absolute atomic E-state index is 12.0. The van der Waals surface area contributed by atoms with Crippen LogP contribution in [0, 0.1) is 0 Å². The van der Waals surface area contributed by atoms with Gasteiger partial charge in [-0.1, -0.05) is 23.2 Å². The molecule has 0 radical (unpaired) electrons. The number of hydrogen-bond acceptors (Lipinski definition) is 5. The van der Waals surface area contributed by atoms with Gasteiger partial charge in [-0.05, 0) is 19.1 Å². The average Bonchev–Trinajstić information content (AvgIpc) is 2.25. The van der Waals surface area contributed by atoms with Crippen molar-refractivity contribution >= 4 is 44.9 Å². The molecule has 0 atom stereocenters. The number of nitrogens with one attached hydrogen (secondary N) is 1. The van der Waals surface area contributed by atoms with Gasteiger partial charge < -0.3 is 10.5 Å². The Hall–Kier alpha value is -1.02. The SMILES string of the molecule is CCOC(=O)CNS(=O)(=O)c1c(N)cc(Cl)cc1Cl. The normalized spacial score (nSPS) is 11.3. The van der Waals surface area contributed by atoms with Crippen molar-refractivity contribution in [2.45, 2.75) is 11.8 Å². The van der Waals surface area contributed by atoms with Crippen LogP contribution in [-0.2, 0) is 19.6 Å². The molecule has 0 aromatic heterocycles. The second-order valence-corrected chi connectivity index (χ2v) is 5.98. The van der Waals surface area contributed by atoms with Gasteiger partial charge in [0.2, 0.25) is 10.0 Å². The van der Waals surface area contributed by atoms with Crippen molar-refractivity contribution in [3.8, 4) is 0 Å². The number of rotatable bonds is 5. The summed E-state index contributed by atoms with van der Waals surface area (Å²) in [7, 11) is -4.02. The first-order chi connectivity index (χ1) is 8.77. The van der Waals surface area contributed by atoms with Crippen LogP contribution in [0.1, 0.15) is 6.92 Å². The summed E-state index contributed by atoms with van der Waals surface area (Å²) in [6.07, 6.45) is 0. The van der Waals surface area contributed by atoms with Crippen molar-refractivity contribution in [2.24, 2.45) is 0 Å². The van der Waals surface area contributed by atoms with E-state index in [1.165, 1.54) is 12.1 Å². The van der Waals surface area contributed by atoms with Gasteiger partial charge in [-0.2, -0.15) is 4.72 Å². The van der Waals surface area contributed by atoms with E-state index >= 15 is 0 Å². The van der Waals surface area contributed by atoms with E-state index in [1.807, 2.05) is 0 Å². The maximum Gasteiger partial charge on any atom is 0.321 e. The lowest BCUT2D eigenvalue weighted by molar-refractivity contribution is -0.141. The van der Waals surface area contributed by atoms with Crippen LogP contribution >= 0.6 is 23.2 Å². The molecule has 1 rings (SSSR count). The zero-order valence-corrected chi connectivity index (χ0v) is 12.3. The number of sulfonamides is 1. The van der Waals surface area contributed by atoms with Crippen LogP contribution in [0.15, 0.2) is 17.0 Å². The summed E-state index contributed by atoms with van der Waals surface area (Å²) in [4.78, 5) is 10.8. The van der Waals surface area contributed by atoms with Gasteiger partial charge in [-0.15, -0.1) is 0 Å². The van der Waals surface area contributed by atoms with Gasteiger partial charge in [0.15, 0.2) is 0 Å². The van der Waals surface area contributed by atoms with Crippen molar-refractivity contribution in [2.75, 3.05) is 18.9 Å². The fraction of sp³-hybridized carbons (Fsp3) is 0.300. The van der Waals surface area contributed by atoms with Crippen LogP contribution in [0.3, 0.4) is 0 Å². The standard InChI is InChI=1S/C10H12Cl2N2O4S/c1-2-18-9(15)5-14-19(16,17)10-7(12)3-6(11)4-8(10)13/h3-4,14H,2,5,13H2,1H3. The van der Waals surface area contributed by atoms with E-state index in [2.05, 4.69) is 9.46 Å². The molecule has 0 fully saturated rings. The van der Waals surface area contributed by atoms with Gasteiger partial charge in [-0.3, -0.25) is 4.79 Å². The lowest BCUT2D eigenvalue weighted by atomic mass is 10.3. The molecular formula is C10H12Cl2N2O4S. The molecule has 0 unspecified atom stereocenters. The van der Waals surface area contributed by atoms with E-state index < -0.39 is 22.5 Å². The van der Waals surface area contributed by atoms with Gasteiger partial charge in [-0.25, -0.2) is 8.42 Å². The van der Waals surface area contributed by atoms with E-state index in [0.29, 0.717) is 0 Å². The first-order valence-electron chi connectivity index (χ1n) is 5.17. The van der Waals surface area contributed by atoms with Gasteiger partial charge >= 0.3 is 5.97 Å². The summed E-state index contributed by atoms with van der Waals surface area (Å²) in [5.41, 5.74) is 5.47. The molecule has 1 aromatic rings. The van der Waals surface area contributed by atoms with E-state index in [1.54, 1.807) is 6.92 Å². The Morgan fingerprint density at radius 3 is 2.58 bits per heavy atom. The van der Waals surface area contributed by atoms with E-state index in [0.717, 1.165) is 0 Å². The summed E-state index contributed by atoms with van der Waals surface area (Å²) >= 11 is 11.5. The third-order valence-electron chi connectivity index (χ3n) is 2.02. The smallest absolute Gasteiger partial charge is 0.321 e. The van der Waals surface area contributed by atoms with Crippen molar-refractivity contribution in [3.05, 3.63) is 22.2 Å². The number of carbonyl (C=O) groups is 1. The Morgan fingerprint density at radius 1 is 1.42 bits per heavy atom. The average molecular weight is 327 g/mol. The first-order valence-corrected chi connectivity index (χ1v) is 7.41. The minimum atomic E-state index is -4.02. The molecule has 9 heteroatoms. The lowest BCUT2D eigenvalue weighted by Crippen LogP contribution is -2.31. The Morgan fingerprint density at radius 2 is 2.05 bits per heavy atom. The van der Waals surface area contributed by atoms with Gasteiger partial charge in [0.1, 0.15) is 11.4 Å². The topological polar surface area (TPSA) is 98.5 Å². The molecule has 0 aliphatic rings. The Kier molecular flexibility index (Phi) is 5.42. The second kappa shape index (κ2) is 6.42. The van der Waals surface area contributed by atoms with Gasteiger partial charge in [0.05, 0.1) is 17.3 Å². The van der Waals surface area contributed by atoms with Gasteiger partial charge in [0, 0.05) is 5.02 Å². The molecule has 0 spiro atoms. The summed E-state index contributed by atoms with van der Waals surface area (Å²) in [6.45, 7) is 1.26. The van der Waals surface area contributed by atoms with Crippen LogP contribution in [-0.4, -0.2) is 27.5 Å². The van der Waals surface area contributed by atoms with Gasteiger partial charge in [0.25, 0.3) is 0 Å². The van der Waals surface area contributed by atoms with Crippen molar-refractivity contribution in [1.82, 2.24) is 4.72 Å². The summed E-state index contributed by atoms with van der Waals surface area (Å²) < 4.78 is 30.6. The zero-order valence-electron chi connectivity index (χ0n) is 9.94. The highest BCUT2D eigenvalue weighted by Crippen LogP contribution is 2.30. The first kappa shape index (κ1) is 16.0. The quantitative estimate of drug-likeness (QED) is 0.629. The second-order valence-electron chi connectivity index (χ2n) is 3.44. The minimum Gasteiger partial charge on any atom is -0.465 e. The fourth-order valence-electron chi connectivity index (χ4n) is 1.30. The number of carbonyl (C=O) groups excluding carboxylic acids is 1. The summed E-state index contributed by atoms with van der Waals surface area (Å²) in [5.74, 6) is -0.699. The summed E-state index contributed by atoms with van der Waals surface area (Å²) in [5, 5.41) is 0.0909. The third-order valence-corrected chi connectivity index (χ3v) is 4.16. The van der Waals surface area contributed by atoms with Crippen LogP contribution < -0.4 is 10.5 Å². The lowest BCUT2D eigenvalue weighted by Gasteiger charge is -2.10. The Balaban J connectivity index is 2.98. The number of ether oxygens (including phenoxy) is 1. The highest BCUT2D eigenvalue weighted by atomic mass is 35.5. The maximum atomic E-state index is 12.0. The van der Waals surface area contributed by atoms with E-state index in [9.17, 15) is 13.2 Å². The van der Waals surface area contributed by atoms with Crippen molar-refractivity contribution in [3.63, 3.8) is 0 Å². The Labute approximate surface area is 120 Å². The fourth-order valence-corrected chi connectivity index (χ4v) is 3.25. The molecule has 0 bridgehead atoms. The minimum absolute atomic E-state index is 0.103. The third kappa shape index (κ3) is 4.24. The molecule has 1 aromatic carbocycles.